The number of ketones is 1. The third-order valence-electron chi connectivity index (χ3n) is 3.48. The van der Waals surface area contributed by atoms with Gasteiger partial charge in [-0.2, -0.15) is 4.99 Å². The highest BCUT2D eigenvalue weighted by Crippen LogP contribution is 2.32. The van der Waals surface area contributed by atoms with Crippen molar-refractivity contribution in [2.45, 2.75) is 11.7 Å². The molecule has 128 valence electrons. The molecule has 3 rings (SSSR count). The van der Waals surface area contributed by atoms with Crippen molar-refractivity contribution in [2.75, 3.05) is 6.54 Å². The van der Waals surface area contributed by atoms with Crippen LogP contribution in [0.5, 0.6) is 0 Å². The predicted molar refractivity (Wildman–Crippen MR) is 103 cm³/mol. The van der Waals surface area contributed by atoms with E-state index in [1.165, 1.54) is 23.1 Å². The summed E-state index contributed by atoms with van der Waals surface area (Å²) < 4.78 is 0. The van der Waals surface area contributed by atoms with Gasteiger partial charge in [-0.1, -0.05) is 29.4 Å². The molecular weight excluding hydrogens is 378 g/mol. The van der Waals surface area contributed by atoms with Crippen LogP contribution in [0.2, 0.25) is 5.02 Å². The topological polar surface area (TPSA) is 62.6 Å². The molecule has 0 spiro atoms. The van der Waals surface area contributed by atoms with Gasteiger partial charge in [0.05, 0.1) is 5.25 Å². The number of aliphatic imine (C=N–C) groups is 1. The second-order valence-electron chi connectivity index (χ2n) is 5.19. The van der Waals surface area contributed by atoms with E-state index in [2.05, 4.69) is 16.6 Å². The Kier molecular flexibility index (Phi) is 5.67. The van der Waals surface area contributed by atoms with Crippen molar-refractivity contribution in [3.05, 3.63) is 59.1 Å². The van der Waals surface area contributed by atoms with Crippen LogP contribution in [0.4, 0.5) is 5.13 Å². The third-order valence-corrected chi connectivity index (χ3v) is 5.57. The van der Waals surface area contributed by atoms with E-state index in [-0.39, 0.29) is 18.1 Å². The molecule has 2 aromatic rings. The first-order valence-electron chi connectivity index (χ1n) is 7.44. The number of halogens is 1. The van der Waals surface area contributed by atoms with Crippen molar-refractivity contribution in [3.8, 4) is 0 Å². The van der Waals surface area contributed by atoms with Gasteiger partial charge in [0.1, 0.15) is 0 Å². The second kappa shape index (κ2) is 7.95. The summed E-state index contributed by atoms with van der Waals surface area (Å²) in [5.74, 6) is -0.237. The lowest BCUT2D eigenvalue weighted by Crippen LogP contribution is -2.32. The minimum absolute atomic E-state index is 0.100. The maximum atomic E-state index is 12.6. The predicted octanol–water partition coefficient (Wildman–Crippen LogP) is 4.19. The first kappa shape index (κ1) is 17.8. The highest BCUT2D eigenvalue weighted by Gasteiger charge is 2.38. The fourth-order valence-corrected chi connectivity index (χ4v) is 4.13. The molecule has 5 nitrogen and oxygen atoms in total. The minimum atomic E-state index is -0.498. The number of amides is 1. The van der Waals surface area contributed by atoms with Gasteiger partial charge in [0.2, 0.25) is 11.0 Å². The quantitative estimate of drug-likeness (QED) is 0.547. The zero-order valence-electron chi connectivity index (χ0n) is 13.1. The SMILES string of the molecule is C=CCN1C(=O)C(CC(=O)c2ccc(Cl)cc2)S/C1=N/c1nccs1. The molecule has 1 amide bonds. The summed E-state index contributed by atoms with van der Waals surface area (Å²) in [6, 6.07) is 6.66. The Morgan fingerprint density at radius 2 is 2.16 bits per heavy atom. The lowest BCUT2D eigenvalue weighted by molar-refractivity contribution is -0.125. The molecule has 1 fully saturated rings. The van der Waals surface area contributed by atoms with Crippen LogP contribution in [0.1, 0.15) is 16.8 Å². The van der Waals surface area contributed by atoms with Crippen molar-refractivity contribution in [2.24, 2.45) is 4.99 Å². The molecule has 0 saturated carbocycles. The maximum absolute atomic E-state index is 12.6. The number of nitrogens with zero attached hydrogens (tertiary/aromatic N) is 3. The van der Waals surface area contributed by atoms with Crippen molar-refractivity contribution < 1.29 is 9.59 Å². The zero-order chi connectivity index (χ0) is 17.8. The molecule has 0 aliphatic carbocycles. The van der Waals surface area contributed by atoms with Crippen LogP contribution < -0.4 is 0 Å². The highest BCUT2D eigenvalue weighted by molar-refractivity contribution is 8.15. The molecule has 1 unspecified atom stereocenters. The van der Waals surface area contributed by atoms with Crippen LogP contribution in [0, 0.1) is 0 Å². The molecule has 1 aromatic heterocycles. The van der Waals surface area contributed by atoms with E-state index in [4.69, 9.17) is 11.6 Å². The van der Waals surface area contributed by atoms with Crippen LogP contribution in [0.25, 0.3) is 0 Å². The fourth-order valence-electron chi connectivity index (χ4n) is 2.30. The van der Waals surface area contributed by atoms with E-state index in [9.17, 15) is 9.59 Å². The van der Waals surface area contributed by atoms with Gasteiger partial charge in [-0.3, -0.25) is 14.5 Å². The number of hydrogen-bond acceptors (Lipinski definition) is 6. The van der Waals surface area contributed by atoms with Crippen LogP contribution in [-0.4, -0.2) is 38.5 Å². The van der Waals surface area contributed by atoms with Gasteiger partial charge in [0, 0.05) is 35.1 Å². The smallest absolute Gasteiger partial charge is 0.242 e. The average molecular weight is 392 g/mol. The highest BCUT2D eigenvalue weighted by atomic mass is 35.5. The number of thioether (sulfide) groups is 1. The van der Waals surface area contributed by atoms with E-state index in [1.807, 2.05) is 5.38 Å². The molecule has 0 bridgehead atoms. The molecule has 1 atom stereocenters. The van der Waals surface area contributed by atoms with Crippen molar-refractivity contribution in [3.63, 3.8) is 0 Å². The number of amidine groups is 1. The van der Waals surface area contributed by atoms with Crippen molar-refractivity contribution in [1.29, 1.82) is 0 Å². The molecule has 0 radical (unpaired) electrons. The van der Waals surface area contributed by atoms with E-state index in [0.29, 0.717) is 27.4 Å². The van der Waals surface area contributed by atoms with Gasteiger partial charge in [-0.05, 0) is 24.3 Å². The zero-order valence-corrected chi connectivity index (χ0v) is 15.5. The van der Waals surface area contributed by atoms with E-state index in [1.54, 1.807) is 41.4 Å². The summed E-state index contributed by atoms with van der Waals surface area (Å²) in [5.41, 5.74) is 0.540. The van der Waals surface area contributed by atoms with Gasteiger partial charge in [-0.25, -0.2) is 4.98 Å². The lowest BCUT2D eigenvalue weighted by Gasteiger charge is -2.13. The number of aromatic nitrogens is 1. The van der Waals surface area contributed by atoms with Crippen LogP contribution in [0.3, 0.4) is 0 Å². The molecule has 8 heteroatoms. The van der Waals surface area contributed by atoms with Gasteiger partial charge in [-0.15, -0.1) is 17.9 Å². The van der Waals surface area contributed by atoms with E-state index >= 15 is 0 Å². The van der Waals surface area contributed by atoms with Crippen LogP contribution in [0.15, 0.2) is 53.5 Å². The molecular formula is C17H14ClN3O2S2. The van der Waals surface area contributed by atoms with Crippen molar-refractivity contribution in [1.82, 2.24) is 9.88 Å². The summed E-state index contributed by atoms with van der Waals surface area (Å²) in [7, 11) is 0. The summed E-state index contributed by atoms with van der Waals surface area (Å²) in [6.45, 7) is 4.03. The van der Waals surface area contributed by atoms with Gasteiger partial charge < -0.3 is 0 Å². The van der Waals surface area contributed by atoms with Crippen molar-refractivity contribution >= 4 is 56.7 Å². The first-order chi connectivity index (χ1) is 12.1. The monoisotopic (exact) mass is 391 g/mol. The Bertz CT molecular complexity index is 819. The van der Waals surface area contributed by atoms with Gasteiger partial charge >= 0.3 is 0 Å². The second-order valence-corrected chi connectivity index (χ2v) is 7.67. The number of carbonyl (C=O) groups is 2. The Labute approximate surface area is 158 Å². The largest absolute Gasteiger partial charge is 0.294 e. The van der Waals surface area contributed by atoms with Gasteiger partial charge in [0.15, 0.2) is 11.0 Å². The molecule has 1 saturated heterocycles. The van der Waals surface area contributed by atoms with Gasteiger partial charge in [0.25, 0.3) is 0 Å². The first-order valence-corrected chi connectivity index (χ1v) is 9.58. The lowest BCUT2D eigenvalue weighted by atomic mass is 10.1. The number of benzene rings is 1. The molecule has 1 aromatic carbocycles. The summed E-state index contributed by atoms with van der Waals surface area (Å²) in [5, 5.41) is 3.02. The number of thiazole rings is 1. The number of Topliss-reactive ketones (excluding diaryl/α,β-unsaturated/α-hetero) is 1. The average Bonchev–Trinajstić information content (AvgIpc) is 3.20. The van der Waals surface area contributed by atoms with Crippen LogP contribution >= 0.6 is 34.7 Å². The molecule has 0 N–H and O–H groups in total. The normalized spacial score (nSPS) is 18.8. The number of hydrogen-bond donors (Lipinski definition) is 0. The standard InChI is InChI=1S/C17H14ClN3O2S2/c1-2-8-21-15(23)14(25-17(21)20-16-19-7-9-24-16)10-13(22)11-3-5-12(18)6-4-11/h2-7,9,14H,1,8,10H2/b20-17+. The third kappa shape index (κ3) is 4.18. The van der Waals surface area contributed by atoms with E-state index < -0.39 is 5.25 Å². The molecule has 1 aliphatic rings. The van der Waals surface area contributed by atoms with E-state index in [0.717, 1.165) is 0 Å². The summed E-state index contributed by atoms with van der Waals surface area (Å²) >= 11 is 8.52. The minimum Gasteiger partial charge on any atom is -0.294 e. The summed E-state index contributed by atoms with van der Waals surface area (Å²) in [6.07, 6.45) is 3.40. The maximum Gasteiger partial charge on any atom is 0.242 e. The Morgan fingerprint density at radius 3 is 2.80 bits per heavy atom. The molecule has 1 aliphatic heterocycles. The fraction of sp³-hybridized carbons (Fsp3) is 0.176. The Morgan fingerprint density at radius 1 is 1.40 bits per heavy atom. The Hall–Kier alpha value is -1.96. The molecule has 25 heavy (non-hydrogen) atoms. The number of rotatable bonds is 6. The Balaban J connectivity index is 1.78. The summed E-state index contributed by atoms with van der Waals surface area (Å²) in [4.78, 5) is 35.2. The van der Waals surface area contributed by atoms with Crippen LogP contribution in [-0.2, 0) is 4.79 Å². The number of carbonyl (C=O) groups excluding carboxylic acids is 2. The molecule has 2 heterocycles.